The van der Waals surface area contributed by atoms with Gasteiger partial charge >= 0.3 is 5.97 Å². The summed E-state index contributed by atoms with van der Waals surface area (Å²) in [5.74, 6) is -1.30. The maximum absolute atomic E-state index is 11.2. The van der Waals surface area contributed by atoms with Crippen LogP contribution >= 0.6 is 11.8 Å². The molecule has 8 heteroatoms. The van der Waals surface area contributed by atoms with Gasteiger partial charge in [0.15, 0.2) is 10.8 Å². The number of amidine groups is 1. The first-order valence-corrected chi connectivity index (χ1v) is 6.53. The number of thioether (sulfide) groups is 1. The fourth-order valence-corrected chi connectivity index (χ4v) is 3.22. The third kappa shape index (κ3) is 1.99. The van der Waals surface area contributed by atoms with Crippen LogP contribution in [0, 0.1) is 0 Å². The minimum atomic E-state index is -1.81. The van der Waals surface area contributed by atoms with Crippen LogP contribution < -0.4 is 5.32 Å². The molecule has 2 heterocycles. The van der Waals surface area contributed by atoms with E-state index in [4.69, 9.17) is 9.84 Å². The molecular weight excluding hydrogens is 260 g/mol. The first kappa shape index (κ1) is 13.6. The number of hydrogen-bond acceptors (Lipinski definition) is 7. The summed E-state index contributed by atoms with van der Waals surface area (Å²) in [4.78, 5) is 15.4. The molecule has 0 aromatic carbocycles. The molecule has 5 atom stereocenters. The van der Waals surface area contributed by atoms with Gasteiger partial charge in [0.1, 0.15) is 23.7 Å². The van der Waals surface area contributed by atoms with Crippen molar-refractivity contribution in [3.05, 3.63) is 0 Å². The Kier molecular flexibility index (Phi) is 3.54. The molecule has 4 N–H and O–H groups in total. The first-order chi connectivity index (χ1) is 8.40. The second kappa shape index (κ2) is 4.69. The summed E-state index contributed by atoms with van der Waals surface area (Å²) < 4.78 is 5.42. The number of aliphatic imine (C=N–C) groups is 1. The Morgan fingerprint density at radius 1 is 1.61 bits per heavy atom. The highest BCUT2D eigenvalue weighted by molar-refractivity contribution is 8.14. The molecule has 2 aliphatic rings. The Hall–Kier alpha value is -0.830. The topological polar surface area (TPSA) is 111 Å². The maximum Gasteiger partial charge on any atom is 0.338 e. The highest BCUT2D eigenvalue weighted by atomic mass is 32.2. The smallest absolute Gasteiger partial charge is 0.338 e. The van der Waals surface area contributed by atoms with Crippen molar-refractivity contribution in [1.82, 2.24) is 5.32 Å². The summed E-state index contributed by atoms with van der Waals surface area (Å²) in [6.45, 7) is 3.82. The van der Waals surface area contributed by atoms with Crippen molar-refractivity contribution in [2.45, 2.75) is 43.1 Å². The van der Waals surface area contributed by atoms with E-state index in [2.05, 4.69) is 10.3 Å². The third-order valence-electron chi connectivity index (χ3n) is 3.12. The lowest BCUT2D eigenvalue weighted by atomic mass is 9.88. The fraction of sp³-hybridized carbons (Fsp3) is 0.800. The highest BCUT2D eigenvalue weighted by Crippen LogP contribution is 2.40. The second-order valence-corrected chi connectivity index (χ2v) is 5.49. The van der Waals surface area contributed by atoms with Gasteiger partial charge in [0.2, 0.25) is 0 Å². The standard InChI is InChI=1S/C10H16N2O5S/c1-3-11-9-12-4-5(13)6(14)10(2,8(15)16)17-7(4)18-9/h4-7,13-14H,3H2,1-2H3,(H,11,12)(H,15,16)/t4-,5-,6+,7-,10+/m1/s1. The third-order valence-corrected chi connectivity index (χ3v) is 4.20. The number of fused-ring (bicyclic) bond motifs is 1. The van der Waals surface area contributed by atoms with Crippen molar-refractivity contribution < 1.29 is 24.9 Å². The molecule has 1 saturated heterocycles. The Morgan fingerprint density at radius 3 is 2.83 bits per heavy atom. The lowest BCUT2D eigenvalue weighted by Crippen LogP contribution is -2.64. The monoisotopic (exact) mass is 276 g/mol. The number of ether oxygens (including phenoxy) is 1. The molecule has 0 spiro atoms. The number of rotatable bonds is 2. The molecule has 7 nitrogen and oxygen atoms in total. The van der Waals surface area contributed by atoms with Gasteiger partial charge in [-0.05, 0) is 13.8 Å². The Labute approximate surface area is 108 Å². The zero-order chi connectivity index (χ0) is 13.5. The van der Waals surface area contributed by atoms with Gasteiger partial charge < -0.3 is 25.4 Å². The SMILES string of the molecule is CCNC1=N[C@@H]2[C@@H](O)[C@H](O)[C@@](C)(C(=O)O)O[C@@H]2S1. The van der Waals surface area contributed by atoms with Crippen LogP contribution in [0.1, 0.15) is 13.8 Å². The quantitative estimate of drug-likeness (QED) is 0.511. The van der Waals surface area contributed by atoms with Crippen LogP contribution in [0.2, 0.25) is 0 Å². The van der Waals surface area contributed by atoms with Crippen LogP contribution in [0.15, 0.2) is 4.99 Å². The zero-order valence-corrected chi connectivity index (χ0v) is 10.8. The van der Waals surface area contributed by atoms with Gasteiger partial charge in [-0.15, -0.1) is 0 Å². The first-order valence-electron chi connectivity index (χ1n) is 5.65. The number of carboxylic acid groups (broad SMARTS) is 1. The van der Waals surface area contributed by atoms with Crippen molar-refractivity contribution in [2.75, 3.05) is 6.54 Å². The molecule has 0 bridgehead atoms. The average molecular weight is 276 g/mol. The summed E-state index contributed by atoms with van der Waals surface area (Å²) in [6, 6.07) is -0.647. The molecule has 2 rings (SSSR count). The average Bonchev–Trinajstić information content (AvgIpc) is 2.69. The van der Waals surface area contributed by atoms with Crippen LogP contribution in [0.5, 0.6) is 0 Å². The molecule has 18 heavy (non-hydrogen) atoms. The Morgan fingerprint density at radius 2 is 2.28 bits per heavy atom. The molecule has 0 aromatic rings. The van der Waals surface area contributed by atoms with Gasteiger partial charge in [0.25, 0.3) is 0 Å². The lowest BCUT2D eigenvalue weighted by Gasteiger charge is -2.42. The number of carbonyl (C=O) groups is 1. The zero-order valence-electron chi connectivity index (χ0n) is 10.0. The van der Waals surface area contributed by atoms with Crippen molar-refractivity contribution in [3.63, 3.8) is 0 Å². The number of aliphatic hydroxyl groups excluding tert-OH is 2. The number of hydrogen-bond donors (Lipinski definition) is 4. The summed E-state index contributed by atoms with van der Waals surface area (Å²) in [7, 11) is 0. The van der Waals surface area contributed by atoms with E-state index in [1.807, 2.05) is 6.92 Å². The Balaban J connectivity index is 2.21. The maximum atomic E-state index is 11.2. The summed E-state index contributed by atoms with van der Waals surface area (Å²) in [5, 5.41) is 32.5. The van der Waals surface area contributed by atoms with E-state index in [1.54, 1.807) is 0 Å². The van der Waals surface area contributed by atoms with Crippen molar-refractivity contribution in [2.24, 2.45) is 4.99 Å². The van der Waals surface area contributed by atoms with E-state index in [0.717, 1.165) is 0 Å². The molecule has 0 aliphatic carbocycles. The lowest BCUT2D eigenvalue weighted by molar-refractivity contribution is -0.219. The van der Waals surface area contributed by atoms with E-state index < -0.39 is 35.3 Å². The second-order valence-electron chi connectivity index (χ2n) is 4.41. The number of carboxylic acids is 1. The molecular formula is C10H16N2O5S. The number of aliphatic hydroxyl groups is 2. The number of nitrogens with one attached hydrogen (secondary N) is 1. The van der Waals surface area contributed by atoms with Crippen LogP contribution in [0.25, 0.3) is 0 Å². The molecule has 2 aliphatic heterocycles. The van der Waals surface area contributed by atoms with E-state index in [9.17, 15) is 15.0 Å². The summed E-state index contributed by atoms with van der Waals surface area (Å²) in [6.07, 6.45) is -2.77. The fourth-order valence-electron chi connectivity index (χ4n) is 1.98. The largest absolute Gasteiger partial charge is 0.479 e. The van der Waals surface area contributed by atoms with Crippen LogP contribution in [-0.4, -0.2) is 62.3 Å². The van der Waals surface area contributed by atoms with Gasteiger partial charge in [-0.2, -0.15) is 0 Å². The minimum Gasteiger partial charge on any atom is -0.479 e. The van der Waals surface area contributed by atoms with Crippen LogP contribution in [-0.2, 0) is 9.53 Å². The van der Waals surface area contributed by atoms with Crippen molar-refractivity contribution >= 4 is 22.9 Å². The molecule has 0 aromatic heterocycles. The molecule has 0 saturated carbocycles. The minimum absolute atomic E-state index is 0.591. The van der Waals surface area contributed by atoms with E-state index in [1.165, 1.54) is 18.7 Å². The predicted octanol–water partition coefficient (Wildman–Crippen LogP) is -1.01. The molecule has 102 valence electrons. The molecule has 0 unspecified atom stereocenters. The number of nitrogens with zero attached hydrogens (tertiary/aromatic N) is 1. The molecule has 0 amide bonds. The van der Waals surface area contributed by atoms with Gasteiger partial charge in [-0.1, -0.05) is 11.8 Å². The van der Waals surface area contributed by atoms with Crippen LogP contribution in [0.3, 0.4) is 0 Å². The summed E-state index contributed by atoms with van der Waals surface area (Å²) >= 11 is 1.23. The van der Waals surface area contributed by atoms with E-state index in [0.29, 0.717) is 11.7 Å². The predicted molar refractivity (Wildman–Crippen MR) is 65.4 cm³/mol. The normalized spacial score (nSPS) is 43.2. The van der Waals surface area contributed by atoms with Crippen molar-refractivity contribution in [1.29, 1.82) is 0 Å². The summed E-state index contributed by atoms with van der Waals surface area (Å²) in [5.41, 5.74) is -2.41. The van der Waals surface area contributed by atoms with Gasteiger partial charge in [0, 0.05) is 6.54 Å². The van der Waals surface area contributed by atoms with E-state index >= 15 is 0 Å². The molecule has 1 fully saturated rings. The van der Waals surface area contributed by atoms with Crippen molar-refractivity contribution in [3.8, 4) is 0 Å². The highest BCUT2D eigenvalue weighted by Gasteiger charge is 2.57. The Bertz CT molecular complexity index is 390. The van der Waals surface area contributed by atoms with E-state index in [-0.39, 0.29) is 0 Å². The van der Waals surface area contributed by atoms with Gasteiger partial charge in [-0.3, -0.25) is 4.99 Å². The van der Waals surface area contributed by atoms with Gasteiger partial charge in [-0.25, -0.2) is 4.79 Å². The van der Waals surface area contributed by atoms with Crippen LogP contribution in [0.4, 0.5) is 0 Å². The number of aliphatic carboxylic acids is 1. The molecule has 0 radical (unpaired) electrons. The van der Waals surface area contributed by atoms with Gasteiger partial charge in [0.05, 0.1) is 0 Å².